The Labute approximate surface area is 140 Å². The van der Waals surface area contributed by atoms with Gasteiger partial charge in [-0.2, -0.15) is 5.26 Å². The Bertz CT molecular complexity index is 782. The molecule has 0 unspecified atom stereocenters. The van der Waals surface area contributed by atoms with Crippen LogP contribution in [0.2, 0.25) is 0 Å². The van der Waals surface area contributed by atoms with Gasteiger partial charge >= 0.3 is 0 Å². The third-order valence-electron chi connectivity index (χ3n) is 4.01. The number of nitrogens with one attached hydrogen (secondary N) is 1. The molecule has 0 saturated carbocycles. The van der Waals surface area contributed by atoms with E-state index in [1.807, 2.05) is 20.8 Å². The van der Waals surface area contributed by atoms with Crippen LogP contribution < -0.4 is 5.32 Å². The molecule has 1 saturated heterocycles. The Morgan fingerprint density at radius 1 is 1.39 bits per heavy atom. The smallest absolute Gasteiger partial charge is 0.230 e. The lowest BCUT2D eigenvalue weighted by atomic mass is 10.1. The Morgan fingerprint density at radius 3 is 2.65 bits per heavy atom. The predicted octanol–water partition coefficient (Wildman–Crippen LogP) is 1.27. The van der Waals surface area contributed by atoms with Crippen LogP contribution in [0.5, 0.6) is 0 Å². The zero-order valence-corrected chi connectivity index (χ0v) is 15.0. The van der Waals surface area contributed by atoms with Gasteiger partial charge in [0, 0.05) is 11.7 Å². The summed E-state index contributed by atoms with van der Waals surface area (Å²) in [6.07, 6.45) is 0.461. The molecule has 23 heavy (non-hydrogen) atoms. The highest BCUT2D eigenvalue weighted by molar-refractivity contribution is 8.00. The molecule has 0 aliphatic carbocycles. The van der Waals surface area contributed by atoms with Crippen LogP contribution >= 0.6 is 11.8 Å². The summed E-state index contributed by atoms with van der Waals surface area (Å²) in [4.78, 5) is 16.4. The van der Waals surface area contributed by atoms with Gasteiger partial charge in [0.1, 0.15) is 11.1 Å². The number of aryl methyl sites for hydroxylation is 1. The standard InChI is InChI=1S/C15H19N3O3S2/c1-9-10(2)13(6-16)15(17-11(9)3)22-7-14(19)18-12-4-5-23(20,21)8-12/h12H,4-5,7-8H2,1-3H3,(H,18,19)/t12-/m0/s1. The van der Waals surface area contributed by atoms with Crippen molar-refractivity contribution in [1.82, 2.24) is 10.3 Å². The number of hydrogen-bond acceptors (Lipinski definition) is 6. The van der Waals surface area contributed by atoms with Crippen molar-refractivity contribution in [3.8, 4) is 6.07 Å². The lowest BCUT2D eigenvalue weighted by Crippen LogP contribution is -2.36. The van der Waals surface area contributed by atoms with Crippen LogP contribution in [0.4, 0.5) is 0 Å². The maximum atomic E-state index is 12.0. The van der Waals surface area contributed by atoms with Crippen molar-refractivity contribution in [2.75, 3.05) is 17.3 Å². The number of nitriles is 1. The first-order valence-corrected chi connectivity index (χ1v) is 10.0. The molecule has 1 aromatic rings. The fourth-order valence-electron chi connectivity index (χ4n) is 2.46. The van der Waals surface area contributed by atoms with Crippen molar-refractivity contribution in [3.63, 3.8) is 0 Å². The van der Waals surface area contributed by atoms with Gasteiger partial charge < -0.3 is 5.32 Å². The van der Waals surface area contributed by atoms with Gasteiger partial charge in [-0.1, -0.05) is 11.8 Å². The number of pyridine rings is 1. The topological polar surface area (TPSA) is 99.9 Å². The zero-order valence-electron chi connectivity index (χ0n) is 13.3. The lowest BCUT2D eigenvalue weighted by Gasteiger charge is -2.12. The summed E-state index contributed by atoms with van der Waals surface area (Å²) in [5.41, 5.74) is 3.19. The van der Waals surface area contributed by atoms with Crippen molar-refractivity contribution >= 4 is 27.5 Å². The number of carbonyl (C=O) groups is 1. The van der Waals surface area contributed by atoms with E-state index in [1.54, 1.807) is 0 Å². The minimum atomic E-state index is -3.01. The average Bonchev–Trinajstić information content (AvgIpc) is 2.81. The van der Waals surface area contributed by atoms with Gasteiger partial charge in [-0.25, -0.2) is 13.4 Å². The molecule has 124 valence electrons. The predicted molar refractivity (Wildman–Crippen MR) is 89.1 cm³/mol. The summed E-state index contributed by atoms with van der Waals surface area (Å²) in [6.45, 7) is 5.66. The number of hydrogen-bond donors (Lipinski definition) is 1. The van der Waals surface area contributed by atoms with E-state index < -0.39 is 9.84 Å². The molecule has 0 bridgehead atoms. The highest BCUT2D eigenvalue weighted by Crippen LogP contribution is 2.26. The quantitative estimate of drug-likeness (QED) is 0.818. The van der Waals surface area contributed by atoms with E-state index in [4.69, 9.17) is 0 Å². The molecule has 1 fully saturated rings. The van der Waals surface area contributed by atoms with Gasteiger partial charge in [0.05, 0.1) is 22.8 Å². The van der Waals surface area contributed by atoms with Gasteiger partial charge in [-0.15, -0.1) is 0 Å². The third-order valence-corrected chi connectivity index (χ3v) is 6.76. The second kappa shape index (κ2) is 6.89. The number of sulfone groups is 1. The largest absolute Gasteiger partial charge is 0.352 e. The molecule has 2 heterocycles. The Kier molecular flexibility index (Phi) is 5.32. The molecule has 8 heteroatoms. The van der Waals surface area contributed by atoms with Crippen LogP contribution in [0.25, 0.3) is 0 Å². The van der Waals surface area contributed by atoms with Crippen LogP contribution in [-0.4, -0.2) is 42.6 Å². The number of rotatable bonds is 4. The number of carbonyl (C=O) groups excluding carboxylic acids is 1. The van der Waals surface area contributed by atoms with Crippen LogP contribution in [0, 0.1) is 32.1 Å². The van der Waals surface area contributed by atoms with E-state index in [0.717, 1.165) is 16.8 Å². The number of thioether (sulfide) groups is 1. The van der Waals surface area contributed by atoms with Crippen molar-refractivity contribution < 1.29 is 13.2 Å². The minimum absolute atomic E-state index is 0.00779. The van der Waals surface area contributed by atoms with Crippen molar-refractivity contribution in [2.24, 2.45) is 0 Å². The summed E-state index contributed by atoms with van der Waals surface area (Å²) in [7, 11) is -3.01. The van der Waals surface area contributed by atoms with Crippen LogP contribution in [-0.2, 0) is 14.6 Å². The van der Waals surface area contributed by atoms with E-state index in [1.165, 1.54) is 11.8 Å². The van der Waals surface area contributed by atoms with Crippen LogP contribution in [0.3, 0.4) is 0 Å². The van der Waals surface area contributed by atoms with Crippen molar-refractivity contribution in [1.29, 1.82) is 5.26 Å². The molecule has 0 spiro atoms. The van der Waals surface area contributed by atoms with Gasteiger partial charge in [0.25, 0.3) is 0 Å². The molecule has 1 N–H and O–H groups in total. The first kappa shape index (κ1) is 17.8. The fraction of sp³-hybridized carbons (Fsp3) is 0.533. The molecule has 1 aliphatic heterocycles. The van der Waals surface area contributed by atoms with Gasteiger partial charge in [0.15, 0.2) is 9.84 Å². The van der Waals surface area contributed by atoms with Crippen LogP contribution in [0.1, 0.15) is 28.8 Å². The van der Waals surface area contributed by atoms with Crippen molar-refractivity contribution in [3.05, 3.63) is 22.4 Å². The molecule has 1 aromatic heterocycles. The van der Waals surface area contributed by atoms with E-state index in [9.17, 15) is 18.5 Å². The van der Waals surface area contributed by atoms with Gasteiger partial charge in [0.2, 0.25) is 5.91 Å². The lowest BCUT2D eigenvalue weighted by molar-refractivity contribution is -0.119. The second-order valence-electron chi connectivity index (χ2n) is 5.70. The molecule has 0 aromatic carbocycles. The fourth-order valence-corrected chi connectivity index (χ4v) is 5.03. The number of amides is 1. The third kappa shape index (κ3) is 4.24. The molecule has 1 atom stereocenters. The second-order valence-corrected chi connectivity index (χ2v) is 8.89. The Hall–Kier alpha value is -1.59. The highest BCUT2D eigenvalue weighted by Gasteiger charge is 2.28. The normalized spacial score (nSPS) is 19.3. The molecule has 1 amide bonds. The highest BCUT2D eigenvalue weighted by atomic mass is 32.2. The molecule has 1 aliphatic rings. The van der Waals surface area contributed by atoms with E-state index in [0.29, 0.717) is 17.0 Å². The number of nitrogens with zero attached hydrogens (tertiary/aromatic N) is 2. The van der Waals surface area contributed by atoms with Gasteiger partial charge in [-0.3, -0.25) is 4.79 Å². The summed E-state index contributed by atoms with van der Waals surface area (Å²) >= 11 is 1.20. The van der Waals surface area contributed by atoms with Crippen LogP contribution in [0.15, 0.2) is 5.03 Å². The van der Waals surface area contributed by atoms with Crippen molar-refractivity contribution in [2.45, 2.75) is 38.3 Å². The van der Waals surface area contributed by atoms with E-state index in [2.05, 4.69) is 16.4 Å². The summed E-state index contributed by atoms with van der Waals surface area (Å²) < 4.78 is 22.8. The number of aromatic nitrogens is 1. The molecule has 2 rings (SSSR count). The Balaban J connectivity index is 2.01. The first-order chi connectivity index (χ1) is 10.7. The molecule has 0 radical (unpaired) electrons. The molecular formula is C15H19N3O3S2. The maximum Gasteiger partial charge on any atom is 0.230 e. The summed E-state index contributed by atoms with van der Waals surface area (Å²) in [5.74, 6) is 0.00829. The zero-order chi connectivity index (χ0) is 17.2. The van der Waals surface area contributed by atoms with E-state index >= 15 is 0 Å². The monoisotopic (exact) mass is 353 g/mol. The maximum absolute atomic E-state index is 12.0. The summed E-state index contributed by atoms with van der Waals surface area (Å²) in [5, 5.41) is 12.6. The van der Waals surface area contributed by atoms with E-state index in [-0.39, 0.29) is 29.2 Å². The van der Waals surface area contributed by atoms with Gasteiger partial charge in [-0.05, 0) is 38.3 Å². The first-order valence-electron chi connectivity index (χ1n) is 7.24. The average molecular weight is 353 g/mol. The Morgan fingerprint density at radius 2 is 2.09 bits per heavy atom. The summed E-state index contributed by atoms with van der Waals surface area (Å²) in [6, 6.07) is 1.84. The SMILES string of the molecule is Cc1nc(SCC(=O)N[C@H]2CCS(=O)(=O)C2)c(C#N)c(C)c1C. The molecular weight excluding hydrogens is 334 g/mol. The minimum Gasteiger partial charge on any atom is -0.352 e. The molecule has 6 nitrogen and oxygen atoms in total.